The molecule has 6 rings (SSSR count). The van der Waals surface area contributed by atoms with Gasteiger partial charge in [-0.2, -0.15) is 5.26 Å². The minimum atomic E-state index is -0.683. The molecule has 0 aliphatic carbocycles. The first-order valence-electron chi connectivity index (χ1n) is 12.8. The van der Waals surface area contributed by atoms with Gasteiger partial charge in [0.2, 0.25) is 0 Å². The third kappa shape index (κ3) is 3.92. The van der Waals surface area contributed by atoms with Gasteiger partial charge < -0.3 is 10.6 Å². The minimum Gasteiger partial charge on any atom is -0.333 e. The van der Waals surface area contributed by atoms with Gasteiger partial charge >= 0.3 is 0 Å². The number of halogens is 2. The lowest BCUT2D eigenvalue weighted by atomic mass is 9.90. The van der Waals surface area contributed by atoms with E-state index in [0.29, 0.717) is 39.8 Å². The fraction of sp³-hybridized carbons (Fsp3) is 0.310. The molecule has 1 amide bonds. The van der Waals surface area contributed by atoms with E-state index in [1.165, 1.54) is 18.2 Å². The molecule has 3 atom stereocenters. The normalized spacial score (nSPS) is 20.6. The van der Waals surface area contributed by atoms with Crippen molar-refractivity contribution in [3.8, 4) is 28.3 Å². The van der Waals surface area contributed by atoms with Crippen molar-refractivity contribution in [3.63, 3.8) is 0 Å². The summed E-state index contributed by atoms with van der Waals surface area (Å²) in [5.41, 5.74) is 9.33. The molecule has 9 heteroatoms. The molecule has 0 spiro atoms. The lowest BCUT2D eigenvalue weighted by molar-refractivity contribution is 0.0575. The zero-order valence-electron chi connectivity index (χ0n) is 20.9. The first kappa shape index (κ1) is 24.2. The Labute approximate surface area is 218 Å². The number of carbonyl (C=O) groups is 1. The highest BCUT2D eigenvalue weighted by Gasteiger charge is 2.42. The van der Waals surface area contributed by atoms with Gasteiger partial charge in [0.1, 0.15) is 23.2 Å². The maximum absolute atomic E-state index is 15.5. The fourth-order valence-electron chi connectivity index (χ4n) is 6.05. The van der Waals surface area contributed by atoms with Crippen LogP contribution in [0.5, 0.6) is 0 Å². The summed E-state index contributed by atoms with van der Waals surface area (Å²) in [5.74, 6) is -1.27. The van der Waals surface area contributed by atoms with E-state index in [-0.39, 0.29) is 35.2 Å². The van der Waals surface area contributed by atoms with Crippen LogP contribution in [0.3, 0.4) is 0 Å². The third-order valence-corrected chi connectivity index (χ3v) is 7.86. The van der Waals surface area contributed by atoms with Gasteiger partial charge in [0.15, 0.2) is 0 Å². The Balaban J connectivity index is 1.49. The molecule has 3 heterocycles. The first-order valence-corrected chi connectivity index (χ1v) is 12.8. The topological polar surface area (TPSA) is 101 Å². The van der Waals surface area contributed by atoms with E-state index in [2.05, 4.69) is 10.3 Å². The maximum atomic E-state index is 15.5. The van der Waals surface area contributed by atoms with Crippen molar-refractivity contribution in [1.82, 2.24) is 19.9 Å². The molecule has 2 aliphatic rings. The van der Waals surface area contributed by atoms with Crippen molar-refractivity contribution in [2.45, 2.75) is 57.3 Å². The Morgan fingerprint density at radius 1 is 1.03 bits per heavy atom. The summed E-state index contributed by atoms with van der Waals surface area (Å²) in [4.78, 5) is 15.7. The minimum absolute atomic E-state index is 0.0902. The third-order valence-electron chi connectivity index (χ3n) is 7.86. The molecule has 192 valence electrons. The highest BCUT2D eigenvalue weighted by Crippen LogP contribution is 2.39. The summed E-state index contributed by atoms with van der Waals surface area (Å²) < 4.78 is 31.8. The summed E-state index contributed by atoms with van der Waals surface area (Å²) in [5, 5.41) is 17.4. The zero-order chi connectivity index (χ0) is 26.6. The highest BCUT2D eigenvalue weighted by molar-refractivity contribution is 5.99. The van der Waals surface area contributed by atoms with E-state index < -0.39 is 11.6 Å². The van der Waals surface area contributed by atoms with Gasteiger partial charge in [0, 0.05) is 41.9 Å². The van der Waals surface area contributed by atoms with E-state index in [0.717, 1.165) is 25.7 Å². The SMILES string of the molecule is CCn1nnc2cc(-c3ccc(C(=O)N4[C@@H]5CC[C@H]4C[C@@H](N)C5)cc3-c3ccc(C#N)c(F)c3)c(F)cc21. The van der Waals surface area contributed by atoms with Gasteiger partial charge in [-0.05, 0) is 79.6 Å². The van der Waals surface area contributed by atoms with Gasteiger partial charge in [-0.15, -0.1) is 5.10 Å². The van der Waals surface area contributed by atoms with Gasteiger partial charge in [0.05, 0.1) is 11.1 Å². The van der Waals surface area contributed by atoms with Crippen LogP contribution < -0.4 is 5.73 Å². The molecule has 3 aromatic carbocycles. The van der Waals surface area contributed by atoms with Crippen LogP contribution in [0.1, 0.15) is 48.5 Å². The molecule has 4 aromatic rings. The number of amides is 1. The maximum Gasteiger partial charge on any atom is 0.254 e. The van der Waals surface area contributed by atoms with Crippen molar-refractivity contribution in [3.05, 3.63) is 71.3 Å². The van der Waals surface area contributed by atoms with Crippen LogP contribution in [-0.4, -0.2) is 43.9 Å². The molecule has 7 nitrogen and oxygen atoms in total. The Morgan fingerprint density at radius 2 is 1.79 bits per heavy atom. The van der Waals surface area contributed by atoms with Crippen LogP contribution in [0.15, 0.2) is 48.5 Å². The molecule has 2 aliphatic heterocycles. The molecule has 2 saturated heterocycles. The van der Waals surface area contributed by atoms with Crippen molar-refractivity contribution < 1.29 is 13.6 Å². The Morgan fingerprint density at radius 3 is 2.47 bits per heavy atom. The largest absolute Gasteiger partial charge is 0.333 e. The second-order valence-corrected chi connectivity index (χ2v) is 10.1. The number of piperidine rings is 1. The van der Waals surface area contributed by atoms with E-state index in [1.54, 1.807) is 35.0 Å². The van der Waals surface area contributed by atoms with E-state index >= 15 is 4.39 Å². The molecule has 1 aromatic heterocycles. The van der Waals surface area contributed by atoms with Gasteiger partial charge in [-0.25, -0.2) is 13.5 Å². The first-order chi connectivity index (χ1) is 18.4. The lowest BCUT2D eigenvalue weighted by Gasteiger charge is -2.38. The second kappa shape index (κ2) is 9.30. The van der Waals surface area contributed by atoms with Crippen LogP contribution in [0.2, 0.25) is 0 Å². The average molecular weight is 513 g/mol. The van der Waals surface area contributed by atoms with Crippen molar-refractivity contribution >= 4 is 16.9 Å². The van der Waals surface area contributed by atoms with Crippen LogP contribution >= 0.6 is 0 Å². The molecule has 0 saturated carbocycles. The monoisotopic (exact) mass is 512 g/mol. The number of hydrogen-bond acceptors (Lipinski definition) is 5. The standard InChI is InChI=1S/C29H26F2N6O/c1-2-36-28-14-26(31)24(13-27(28)34-35-36)22-8-5-17(9-23(22)16-3-4-18(15-32)25(30)10-16)29(38)37-20-6-7-21(37)12-19(33)11-20/h3-5,8-10,13-14,19-21H,2,6-7,11-12,33H2,1H3/t19-,20+,21-. The number of aromatic nitrogens is 3. The van der Waals surface area contributed by atoms with E-state index in [4.69, 9.17) is 5.73 Å². The summed E-state index contributed by atoms with van der Waals surface area (Å²) >= 11 is 0. The van der Waals surface area contributed by atoms with Gasteiger partial charge in [-0.1, -0.05) is 17.3 Å². The van der Waals surface area contributed by atoms with Crippen molar-refractivity contribution in [1.29, 1.82) is 5.26 Å². The number of hydrogen-bond donors (Lipinski definition) is 1. The van der Waals surface area contributed by atoms with Crippen LogP contribution in [0.4, 0.5) is 8.78 Å². The molecule has 2 bridgehead atoms. The Bertz CT molecular complexity index is 1610. The molecular formula is C29H26F2N6O. The van der Waals surface area contributed by atoms with E-state index in [1.807, 2.05) is 17.9 Å². The molecule has 38 heavy (non-hydrogen) atoms. The number of fused-ring (bicyclic) bond motifs is 3. The van der Waals surface area contributed by atoms with Crippen LogP contribution in [0, 0.1) is 23.0 Å². The predicted molar refractivity (Wildman–Crippen MR) is 139 cm³/mol. The Kier molecular flexibility index (Phi) is 5.92. The summed E-state index contributed by atoms with van der Waals surface area (Å²) in [6.07, 6.45) is 3.41. The molecule has 0 radical (unpaired) electrons. The van der Waals surface area contributed by atoms with Crippen LogP contribution in [-0.2, 0) is 6.54 Å². The van der Waals surface area contributed by atoms with Gasteiger partial charge in [-0.3, -0.25) is 4.79 Å². The van der Waals surface area contributed by atoms with Crippen LogP contribution in [0.25, 0.3) is 33.3 Å². The second-order valence-electron chi connectivity index (χ2n) is 10.1. The number of aryl methyl sites for hydroxylation is 1. The highest BCUT2D eigenvalue weighted by atomic mass is 19.1. The zero-order valence-corrected chi connectivity index (χ0v) is 20.9. The number of carbonyl (C=O) groups excluding carboxylic acids is 1. The summed E-state index contributed by atoms with van der Waals surface area (Å²) in [6, 6.07) is 14.5. The number of benzene rings is 3. The molecule has 0 unspecified atom stereocenters. The van der Waals surface area contributed by atoms with Crippen molar-refractivity contribution in [2.24, 2.45) is 5.73 Å². The average Bonchev–Trinajstić information content (AvgIpc) is 3.44. The molecule has 2 fully saturated rings. The number of nitrogens with zero attached hydrogens (tertiary/aromatic N) is 5. The number of rotatable bonds is 4. The fourth-order valence-corrected chi connectivity index (χ4v) is 6.05. The summed E-state index contributed by atoms with van der Waals surface area (Å²) in [6.45, 7) is 2.45. The number of nitriles is 1. The van der Waals surface area contributed by atoms with E-state index in [9.17, 15) is 14.4 Å². The number of nitrogens with two attached hydrogens (primary N) is 1. The Hall–Kier alpha value is -4.16. The van der Waals surface area contributed by atoms with Crippen molar-refractivity contribution in [2.75, 3.05) is 0 Å². The quantitative estimate of drug-likeness (QED) is 0.413. The molecular weight excluding hydrogens is 486 g/mol. The molecule has 2 N–H and O–H groups in total. The lowest BCUT2D eigenvalue weighted by Crippen LogP contribution is -2.50. The smallest absolute Gasteiger partial charge is 0.254 e. The van der Waals surface area contributed by atoms with Gasteiger partial charge in [0.25, 0.3) is 5.91 Å². The predicted octanol–water partition coefficient (Wildman–Crippen LogP) is 5.03. The summed E-state index contributed by atoms with van der Waals surface area (Å²) in [7, 11) is 0.